The Balaban J connectivity index is 1.56. The summed E-state index contributed by atoms with van der Waals surface area (Å²) in [6.07, 6.45) is 2.71. The minimum Gasteiger partial charge on any atom is -0.294 e. The summed E-state index contributed by atoms with van der Waals surface area (Å²) in [6, 6.07) is 18.2. The standard InChI is InChI=1S/C17H16OS/c18-16(13-6-2-1-3-7-13)11-10-15-12-14-8-4-5-9-17(14)19-15/h1-9,15H,10-12H2. The van der Waals surface area contributed by atoms with Gasteiger partial charge in [-0.05, 0) is 24.5 Å². The molecule has 96 valence electrons. The highest BCUT2D eigenvalue weighted by Crippen LogP contribution is 2.38. The summed E-state index contributed by atoms with van der Waals surface area (Å²) in [5.41, 5.74) is 2.27. The van der Waals surface area contributed by atoms with E-state index in [1.165, 1.54) is 10.5 Å². The molecule has 1 aliphatic rings. The Labute approximate surface area is 118 Å². The van der Waals surface area contributed by atoms with Gasteiger partial charge in [0.1, 0.15) is 0 Å². The fourth-order valence-electron chi connectivity index (χ4n) is 2.48. The van der Waals surface area contributed by atoms with E-state index < -0.39 is 0 Å². The molecule has 0 amide bonds. The maximum Gasteiger partial charge on any atom is 0.162 e. The van der Waals surface area contributed by atoms with Gasteiger partial charge in [-0.15, -0.1) is 11.8 Å². The molecule has 3 rings (SSSR count). The molecule has 1 heterocycles. The van der Waals surface area contributed by atoms with Crippen LogP contribution in [0.1, 0.15) is 28.8 Å². The first kappa shape index (κ1) is 12.5. The van der Waals surface area contributed by atoms with Crippen molar-refractivity contribution in [2.75, 3.05) is 0 Å². The minimum atomic E-state index is 0.261. The smallest absolute Gasteiger partial charge is 0.162 e. The van der Waals surface area contributed by atoms with Gasteiger partial charge in [-0.1, -0.05) is 48.5 Å². The molecule has 0 spiro atoms. The van der Waals surface area contributed by atoms with E-state index in [9.17, 15) is 4.79 Å². The zero-order chi connectivity index (χ0) is 13.1. The Morgan fingerprint density at radius 1 is 1.05 bits per heavy atom. The molecule has 0 radical (unpaired) electrons. The van der Waals surface area contributed by atoms with Gasteiger partial charge in [-0.2, -0.15) is 0 Å². The molecule has 2 heteroatoms. The van der Waals surface area contributed by atoms with Gasteiger partial charge in [0.2, 0.25) is 0 Å². The molecule has 0 saturated heterocycles. The zero-order valence-electron chi connectivity index (χ0n) is 10.7. The molecule has 1 aliphatic heterocycles. The lowest BCUT2D eigenvalue weighted by atomic mass is 10.0. The Hall–Kier alpha value is -1.54. The topological polar surface area (TPSA) is 17.1 Å². The van der Waals surface area contributed by atoms with E-state index in [0.717, 1.165) is 18.4 Å². The highest BCUT2D eigenvalue weighted by atomic mass is 32.2. The number of hydrogen-bond donors (Lipinski definition) is 0. The SMILES string of the molecule is O=C(CCC1Cc2ccccc2S1)c1ccccc1. The summed E-state index contributed by atoms with van der Waals surface area (Å²) in [7, 11) is 0. The third-order valence-corrected chi connectivity index (χ3v) is 4.89. The lowest BCUT2D eigenvalue weighted by Crippen LogP contribution is -2.06. The van der Waals surface area contributed by atoms with E-state index in [4.69, 9.17) is 0 Å². The van der Waals surface area contributed by atoms with Gasteiger partial charge in [-0.3, -0.25) is 4.79 Å². The molecule has 2 aromatic rings. The highest BCUT2D eigenvalue weighted by molar-refractivity contribution is 8.00. The molecule has 0 aromatic heterocycles. The van der Waals surface area contributed by atoms with Crippen molar-refractivity contribution < 1.29 is 4.79 Å². The van der Waals surface area contributed by atoms with Gasteiger partial charge in [0.15, 0.2) is 5.78 Å². The van der Waals surface area contributed by atoms with Crippen LogP contribution in [0, 0.1) is 0 Å². The molecule has 0 bridgehead atoms. The number of thioether (sulfide) groups is 1. The fraction of sp³-hybridized carbons (Fsp3) is 0.235. The van der Waals surface area contributed by atoms with E-state index in [1.807, 2.05) is 42.1 Å². The molecule has 19 heavy (non-hydrogen) atoms. The fourth-order valence-corrected chi connectivity index (χ4v) is 3.79. The van der Waals surface area contributed by atoms with Crippen molar-refractivity contribution >= 4 is 17.5 Å². The maximum absolute atomic E-state index is 12.1. The number of Topliss-reactive ketones (excluding diaryl/α,β-unsaturated/α-hetero) is 1. The summed E-state index contributed by atoms with van der Waals surface area (Å²) < 4.78 is 0. The van der Waals surface area contributed by atoms with E-state index in [-0.39, 0.29) is 5.78 Å². The quantitative estimate of drug-likeness (QED) is 0.766. The van der Waals surface area contributed by atoms with Crippen molar-refractivity contribution in [1.82, 2.24) is 0 Å². The number of fused-ring (bicyclic) bond motifs is 1. The van der Waals surface area contributed by atoms with Gasteiger partial charge in [0, 0.05) is 22.1 Å². The second kappa shape index (κ2) is 5.62. The number of carbonyl (C=O) groups is 1. The third kappa shape index (κ3) is 2.90. The average Bonchev–Trinajstić information content (AvgIpc) is 2.88. The highest BCUT2D eigenvalue weighted by Gasteiger charge is 2.22. The second-order valence-electron chi connectivity index (χ2n) is 4.88. The van der Waals surface area contributed by atoms with Gasteiger partial charge >= 0.3 is 0 Å². The molecular formula is C17H16OS. The Morgan fingerprint density at radius 3 is 2.58 bits per heavy atom. The van der Waals surface area contributed by atoms with Crippen LogP contribution >= 0.6 is 11.8 Å². The van der Waals surface area contributed by atoms with Crippen molar-refractivity contribution in [2.24, 2.45) is 0 Å². The van der Waals surface area contributed by atoms with Crippen LogP contribution in [0.15, 0.2) is 59.5 Å². The van der Waals surface area contributed by atoms with Crippen LogP contribution in [0.2, 0.25) is 0 Å². The predicted molar refractivity (Wildman–Crippen MR) is 79.8 cm³/mol. The van der Waals surface area contributed by atoms with Crippen LogP contribution in [0.5, 0.6) is 0 Å². The third-order valence-electron chi connectivity index (χ3n) is 3.50. The lowest BCUT2D eigenvalue weighted by Gasteiger charge is -2.07. The first-order valence-electron chi connectivity index (χ1n) is 6.66. The molecule has 0 saturated carbocycles. The van der Waals surface area contributed by atoms with E-state index in [1.54, 1.807) is 0 Å². The average molecular weight is 268 g/mol. The lowest BCUT2D eigenvalue weighted by molar-refractivity contribution is 0.0980. The van der Waals surface area contributed by atoms with Crippen LogP contribution in [0.25, 0.3) is 0 Å². The van der Waals surface area contributed by atoms with Crippen LogP contribution in [-0.4, -0.2) is 11.0 Å². The Morgan fingerprint density at radius 2 is 1.79 bits per heavy atom. The summed E-state index contributed by atoms with van der Waals surface area (Å²) in [4.78, 5) is 13.5. The van der Waals surface area contributed by atoms with Gasteiger partial charge in [0.25, 0.3) is 0 Å². The molecule has 0 N–H and O–H groups in total. The van der Waals surface area contributed by atoms with Crippen LogP contribution in [0.4, 0.5) is 0 Å². The normalized spacial score (nSPS) is 17.2. The van der Waals surface area contributed by atoms with Crippen molar-refractivity contribution in [3.8, 4) is 0 Å². The first-order chi connectivity index (χ1) is 9.33. The van der Waals surface area contributed by atoms with Crippen molar-refractivity contribution in [3.05, 3.63) is 65.7 Å². The Kier molecular flexibility index (Phi) is 3.69. The molecular weight excluding hydrogens is 252 g/mol. The number of hydrogen-bond acceptors (Lipinski definition) is 2. The van der Waals surface area contributed by atoms with E-state index in [0.29, 0.717) is 11.7 Å². The van der Waals surface area contributed by atoms with Crippen molar-refractivity contribution in [2.45, 2.75) is 29.4 Å². The van der Waals surface area contributed by atoms with E-state index in [2.05, 4.69) is 24.3 Å². The van der Waals surface area contributed by atoms with E-state index >= 15 is 0 Å². The molecule has 1 nitrogen and oxygen atoms in total. The summed E-state index contributed by atoms with van der Waals surface area (Å²) in [6.45, 7) is 0. The zero-order valence-corrected chi connectivity index (χ0v) is 11.5. The predicted octanol–water partition coefficient (Wildman–Crippen LogP) is 4.37. The molecule has 0 fully saturated rings. The second-order valence-corrected chi connectivity index (χ2v) is 6.22. The summed E-state index contributed by atoms with van der Waals surface area (Å²) in [5, 5.41) is 0.560. The largest absolute Gasteiger partial charge is 0.294 e. The number of ketones is 1. The van der Waals surface area contributed by atoms with Crippen LogP contribution in [-0.2, 0) is 6.42 Å². The summed E-state index contributed by atoms with van der Waals surface area (Å²) in [5.74, 6) is 0.261. The number of carbonyl (C=O) groups excluding carboxylic acids is 1. The van der Waals surface area contributed by atoms with Crippen molar-refractivity contribution in [1.29, 1.82) is 0 Å². The van der Waals surface area contributed by atoms with Crippen molar-refractivity contribution in [3.63, 3.8) is 0 Å². The number of rotatable bonds is 4. The van der Waals surface area contributed by atoms with Gasteiger partial charge in [-0.25, -0.2) is 0 Å². The maximum atomic E-state index is 12.1. The Bertz CT molecular complexity index is 552. The molecule has 0 aliphatic carbocycles. The minimum absolute atomic E-state index is 0.261. The molecule has 2 aromatic carbocycles. The van der Waals surface area contributed by atoms with Gasteiger partial charge < -0.3 is 0 Å². The number of benzene rings is 2. The van der Waals surface area contributed by atoms with Crippen LogP contribution in [0.3, 0.4) is 0 Å². The molecule has 1 atom stereocenters. The summed E-state index contributed by atoms with van der Waals surface area (Å²) >= 11 is 1.92. The van der Waals surface area contributed by atoms with Crippen LogP contribution < -0.4 is 0 Å². The monoisotopic (exact) mass is 268 g/mol. The molecule has 1 unspecified atom stereocenters. The first-order valence-corrected chi connectivity index (χ1v) is 7.54. The van der Waals surface area contributed by atoms with Gasteiger partial charge in [0.05, 0.1) is 0 Å².